The maximum absolute atomic E-state index is 5.79. The zero-order valence-corrected chi connectivity index (χ0v) is 15.8. The van der Waals surface area contributed by atoms with Crippen LogP contribution in [0.4, 0.5) is 0 Å². The van der Waals surface area contributed by atoms with Crippen LogP contribution in [0.3, 0.4) is 0 Å². The van der Waals surface area contributed by atoms with Crippen molar-refractivity contribution in [3.63, 3.8) is 0 Å². The van der Waals surface area contributed by atoms with Gasteiger partial charge in [0.05, 0.1) is 12.7 Å². The largest absolute Gasteiger partial charge is 0.379 e. The lowest BCUT2D eigenvalue weighted by Crippen LogP contribution is -2.40. The maximum Gasteiger partial charge on any atom is 0.193 e. The summed E-state index contributed by atoms with van der Waals surface area (Å²) < 4.78 is 11.5. The first kappa shape index (κ1) is 20.2. The zero-order valence-electron chi connectivity index (χ0n) is 15.8. The van der Waals surface area contributed by atoms with Crippen molar-refractivity contribution in [3.8, 4) is 0 Å². The van der Waals surface area contributed by atoms with Gasteiger partial charge in [0.15, 0.2) is 5.96 Å². The highest BCUT2D eigenvalue weighted by Crippen LogP contribution is 2.28. The first-order valence-electron chi connectivity index (χ1n) is 9.27. The fraction of sp³-hybridized carbons (Fsp3) is 0.944. The third-order valence-corrected chi connectivity index (χ3v) is 4.12. The molecule has 0 heterocycles. The van der Waals surface area contributed by atoms with Gasteiger partial charge in [-0.3, -0.25) is 4.99 Å². The van der Waals surface area contributed by atoms with Crippen molar-refractivity contribution in [2.75, 3.05) is 46.5 Å². The van der Waals surface area contributed by atoms with Crippen molar-refractivity contribution >= 4 is 5.96 Å². The summed E-state index contributed by atoms with van der Waals surface area (Å²) in [5, 5.41) is 3.36. The lowest BCUT2D eigenvalue weighted by Gasteiger charge is -2.23. The molecule has 0 aromatic carbocycles. The van der Waals surface area contributed by atoms with Crippen LogP contribution in [0, 0.1) is 11.8 Å². The van der Waals surface area contributed by atoms with Gasteiger partial charge in [-0.15, -0.1) is 0 Å². The summed E-state index contributed by atoms with van der Waals surface area (Å²) in [6.45, 7) is 13.6. The molecule has 136 valence electrons. The second-order valence-corrected chi connectivity index (χ2v) is 6.70. The van der Waals surface area contributed by atoms with Crippen LogP contribution in [0.5, 0.6) is 0 Å². The topological polar surface area (TPSA) is 46.1 Å². The van der Waals surface area contributed by atoms with E-state index in [1.54, 1.807) is 0 Å². The van der Waals surface area contributed by atoms with Gasteiger partial charge in [0, 0.05) is 39.9 Å². The van der Waals surface area contributed by atoms with Gasteiger partial charge in [0.2, 0.25) is 0 Å². The number of aliphatic imine (C=N–C) groups is 1. The number of likely N-dealkylation sites (N-methyl/N-ethyl adjacent to an activating group) is 1. The molecule has 0 amide bonds. The number of guanidine groups is 1. The van der Waals surface area contributed by atoms with Gasteiger partial charge >= 0.3 is 0 Å². The highest BCUT2D eigenvalue weighted by molar-refractivity contribution is 5.79. The molecule has 0 saturated heterocycles. The standard InChI is InChI=1S/C18H37N3O2/c1-6-19-18(20-11-10-17(15(3)4)23-7-2)21(5)12-13-22-14-16-8-9-16/h15-17H,6-14H2,1-5H3,(H,19,20). The van der Waals surface area contributed by atoms with Crippen LogP contribution >= 0.6 is 0 Å². The van der Waals surface area contributed by atoms with E-state index >= 15 is 0 Å². The summed E-state index contributed by atoms with van der Waals surface area (Å²) in [7, 11) is 2.07. The summed E-state index contributed by atoms with van der Waals surface area (Å²) >= 11 is 0. The normalized spacial score (nSPS) is 16.7. The lowest BCUT2D eigenvalue weighted by atomic mass is 10.0. The summed E-state index contributed by atoms with van der Waals surface area (Å²) in [6.07, 6.45) is 3.94. The van der Waals surface area contributed by atoms with Crippen molar-refractivity contribution in [2.45, 2.75) is 53.1 Å². The smallest absolute Gasteiger partial charge is 0.193 e. The Labute approximate surface area is 142 Å². The monoisotopic (exact) mass is 327 g/mol. The predicted molar refractivity (Wildman–Crippen MR) is 97.0 cm³/mol. The minimum atomic E-state index is 0.291. The van der Waals surface area contributed by atoms with Crippen LogP contribution in [-0.2, 0) is 9.47 Å². The van der Waals surface area contributed by atoms with Gasteiger partial charge in [-0.05, 0) is 44.9 Å². The molecule has 0 aliphatic heterocycles. The summed E-state index contributed by atoms with van der Waals surface area (Å²) in [5.41, 5.74) is 0. The number of nitrogens with one attached hydrogen (secondary N) is 1. The van der Waals surface area contributed by atoms with E-state index in [9.17, 15) is 0 Å². The molecular weight excluding hydrogens is 290 g/mol. The Morgan fingerprint density at radius 2 is 2.04 bits per heavy atom. The highest BCUT2D eigenvalue weighted by atomic mass is 16.5. The SMILES string of the molecule is CCNC(=NCCC(OCC)C(C)C)N(C)CCOCC1CC1. The Balaban J connectivity index is 2.33. The third kappa shape index (κ3) is 9.16. The van der Waals surface area contributed by atoms with Gasteiger partial charge < -0.3 is 19.7 Å². The van der Waals surface area contributed by atoms with Crippen molar-refractivity contribution in [1.82, 2.24) is 10.2 Å². The number of ether oxygens (including phenoxy) is 2. The predicted octanol–water partition coefficient (Wildman–Crippen LogP) is 2.76. The summed E-state index contributed by atoms with van der Waals surface area (Å²) in [4.78, 5) is 6.89. The van der Waals surface area contributed by atoms with Crippen LogP contribution in [0.25, 0.3) is 0 Å². The third-order valence-electron chi connectivity index (χ3n) is 4.12. The van der Waals surface area contributed by atoms with Gasteiger partial charge in [0.25, 0.3) is 0 Å². The number of nitrogens with zero attached hydrogens (tertiary/aromatic N) is 2. The molecule has 1 saturated carbocycles. The zero-order chi connectivity index (χ0) is 17.1. The Morgan fingerprint density at radius 3 is 2.61 bits per heavy atom. The van der Waals surface area contributed by atoms with Gasteiger partial charge in [-0.25, -0.2) is 0 Å². The van der Waals surface area contributed by atoms with Crippen molar-refractivity contribution < 1.29 is 9.47 Å². The van der Waals surface area contributed by atoms with E-state index in [0.29, 0.717) is 12.0 Å². The number of hydrogen-bond acceptors (Lipinski definition) is 3. The average Bonchev–Trinajstić information content (AvgIpc) is 3.33. The molecule has 1 N–H and O–H groups in total. The van der Waals surface area contributed by atoms with E-state index in [4.69, 9.17) is 14.5 Å². The molecule has 0 bridgehead atoms. The fourth-order valence-corrected chi connectivity index (χ4v) is 2.43. The van der Waals surface area contributed by atoms with Gasteiger partial charge in [-0.2, -0.15) is 0 Å². The van der Waals surface area contributed by atoms with Gasteiger partial charge in [0.1, 0.15) is 0 Å². The molecule has 5 heteroatoms. The molecule has 0 aromatic rings. The molecule has 1 aliphatic carbocycles. The molecule has 1 fully saturated rings. The van der Waals surface area contributed by atoms with E-state index in [1.165, 1.54) is 12.8 Å². The second-order valence-electron chi connectivity index (χ2n) is 6.70. The Bertz CT molecular complexity index is 330. The van der Waals surface area contributed by atoms with Gasteiger partial charge in [-0.1, -0.05) is 13.8 Å². The molecule has 0 spiro atoms. The van der Waals surface area contributed by atoms with Crippen molar-refractivity contribution in [2.24, 2.45) is 16.8 Å². The molecular formula is C18H37N3O2. The molecule has 1 unspecified atom stereocenters. The molecule has 1 aliphatic rings. The summed E-state index contributed by atoms with van der Waals surface area (Å²) in [6, 6.07) is 0. The Hall–Kier alpha value is -0.810. The molecule has 0 radical (unpaired) electrons. The molecule has 1 rings (SSSR count). The first-order valence-corrected chi connectivity index (χ1v) is 9.27. The number of hydrogen-bond donors (Lipinski definition) is 1. The lowest BCUT2D eigenvalue weighted by molar-refractivity contribution is 0.0266. The second kappa shape index (κ2) is 11.7. The van der Waals surface area contributed by atoms with Crippen LogP contribution in [-0.4, -0.2) is 63.5 Å². The van der Waals surface area contributed by atoms with E-state index in [1.807, 2.05) is 0 Å². The van der Waals surface area contributed by atoms with Crippen LogP contribution in [0.2, 0.25) is 0 Å². The molecule has 1 atom stereocenters. The van der Waals surface area contributed by atoms with E-state index < -0.39 is 0 Å². The minimum absolute atomic E-state index is 0.291. The number of rotatable bonds is 12. The summed E-state index contributed by atoms with van der Waals surface area (Å²) in [5.74, 6) is 2.32. The quantitative estimate of drug-likeness (QED) is 0.340. The van der Waals surface area contributed by atoms with E-state index in [-0.39, 0.29) is 0 Å². The average molecular weight is 328 g/mol. The maximum atomic E-state index is 5.79. The van der Waals surface area contributed by atoms with Crippen molar-refractivity contribution in [1.29, 1.82) is 0 Å². The highest BCUT2D eigenvalue weighted by Gasteiger charge is 2.21. The van der Waals surface area contributed by atoms with Crippen LogP contribution in [0.1, 0.15) is 47.0 Å². The van der Waals surface area contributed by atoms with E-state index in [2.05, 4.69) is 45.0 Å². The minimum Gasteiger partial charge on any atom is -0.379 e. The van der Waals surface area contributed by atoms with Crippen LogP contribution < -0.4 is 5.32 Å². The molecule has 0 aromatic heterocycles. The van der Waals surface area contributed by atoms with Crippen molar-refractivity contribution in [3.05, 3.63) is 0 Å². The fourth-order valence-electron chi connectivity index (χ4n) is 2.43. The Kier molecular flexibility index (Phi) is 10.3. The molecule has 23 heavy (non-hydrogen) atoms. The first-order chi connectivity index (χ1) is 11.1. The Morgan fingerprint density at radius 1 is 1.30 bits per heavy atom. The molecule has 5 nitrogen and oxygen atoms in total. The van der Waals surface area contributed by atoms with Crippen LogP contribution in [0.15, 0.2) is 4.99 Å². The van der Waals surface area contributed by atoms with E-state index in [0.717, 1.165) is 57.8 Å².